The van der Waals surface area contributed by atoms with Gasteiger partial charge in [0.05, 0.1) is 19.8 Å². The zero-order chi connectivity index (χ0) is 49.6. The molecule has 0 bridgehead atoms. The molecule has 0 radical (unpaired) electrons. The van der Waals surface area contributed by atoms with E-state index >= 15 is 0 Å². The molecule has 0 aromatic rings. The molecule has 2 fully saturated rings. The van der Waals surface area contributed by atoms with Crippen LogP contribution in [0.3, 0.4) is 0 Å². The molecular weight excluding hydrogens is 877 g/mol. The molecule has 0 aliphatic carbocycles. The summed E-state index contributed by atoms with van der Waals surface area (Å²) >= 11 is 0. The number of allylic oxidation sites excluding steroid dienone is 12. The highest BCUT2D eigenvalue weighted by Gasteiger charge is 2.47. The Kier molecular flexibility index (Phi) is 35.6. The van der Waals surface area contributed by atoms with Gasteiger partial charge in [-0.25, -0.2) is 0 Å². The third kappa shape index (κ3) is 27.4. The fourth-order valence-corrected chi connectivity index (χ4v) is 7.43. The minimum absolute atomic E-state index is 0.0893. The normalized spacial score (nSPS) is 26.4. The van der Waals surface area contributed by atoms with Crippen molar-refractivity contribution in [3.8, 4) is 0 Å². The first-order valence-electron chi connectivity index (χ1n) is 25.5. The van der Waals surface area contributed by atoms with E-state index in [4.69, 9.17) is 28.4 Å². The van der Waals surface area contributed by atoms with Crippen LogP contribution in [0, 0.1) is 0 Å². The highest BCUT2D eigenvalue weighted by molar-refractivity contribution is 5.70. The van der Waals surface area contributed by atoms with Crippen molar-refractivity contribution in [3.63, 3.8) is 0 Å². The Morgan fingerprint density at radius 2 is 0.912 bits per heavy atom. The lowest BCUT2D eigenvalue weighted by Crippen LogP contribution is -2.61. The van der Waals surface area contributed by atoms with Crippen LogP contribution in [0.5, 0.6) is 0 Å². The van der Waals surface area contributed by atoms with Gasteiger partial charge in [0, 0.05) is 12.8 Å². The molecule has 11 atom stereocenters. The van der Waals surface area contributed by atoms with Gasteiger partial charge in [-0.15, -0.1) is 0 Å². The monoisotopic (exact) mass is 965 g/mol. The third-order valence-electron chi connectivity index (χ3n) is 11.7. The molecule has 0 saturated carbocycles. The fraction of sp³-hybridized carbons (Fsp3) is 0.736. The smallest absolute Gasteiger partial charge is 0.306 e. The Hall–Kier alpha value is -3.06. The summed E-state index contributed by atoms with van der Waals surface area (Å²) in [5.74, 6) is -1.04. The summed E-state index contributed by atoms with van der Waals surface area (Å²) in [5, 5.41) is 72.0. The third-order valence-corrected chi connectivity index (χ3v) is 11.7. The van der Waals surface area contributed by atoms with Crippen LogP contribution in [-0.4, -0.2) is 142 Å². The van der Waals surface area contributed by atoms with Gasteiger partial charge in [-0.3, -0.25) is 9.59 Å². The van der Waals surface area contributed by atoms with Crippen LogP contribution in [0.1, 0.15) is 155 Å². The van der Waals surface area contributed by atoms with Crippen molar-refractivity contribution < 1.29 is 73.8 Å². The number of esters is 2. The Balaban J connectivity index is 1.85. The van der Waals surface area contributed by atoms with Crippen LogP contribution < -0.4 is 0 Å². The molecule has 0 spiro atoms. The number of rotatable bonds is 38. The summed E-state index contributed by atoms with van der Waals surface area (Å²) in [6.45, 7) is 2.44. The highest BCUT2D eigenvalue weighted by atomic mass is 16.7. The average molecular weight is 965 g/mol. The first-order chi connectivity index (χ1) is 33.0. The van der Waals surface area contributed by atoms with Crippen LogP contribution in [0.25, 0.3) is 0 Å². The summed E-state index contributed by atoms with van der Waals surface area (Å²) in [6, 6.07) is 0. The molecule has 390 valence electrons. The van der Waals surface area contributed by atoms with Gasteiger partial charge in [-0.1, -0.05) is 138 Å². The van der Waals surface area contributed by atoms with Gasteiger partial charge in [0.15, 0.2) is 18.7 Å². The largest absolute Gasteiger partial charge is 0.462 e. The Morgan fingerprint density at radius 3 is 1.49 bits per heavy atom. The number of carbonyl (C=O) groups is 2. The van der Waals surface area contributed by atoms with Crippen LogP contribution in [-0.2, 0) is 38.0 Å². The number of ether oxygens (including phenoxy) is 6. The Bertz CT molecular complexity index is 1460. The number of hydrogen-bond acceptors (Lipinski definition) is 15. The molecule has 2 rings (SSSR count). The van der Waals surface area contributed by atoms with Gasteiger partial charge in [0.1, 0.15) is 55.4 Å². The van der Waals surface area contributed by atoms with Crippen molar-refractivity contribution in [2.24, 2.45) is 0 Å². The molecule has 15 nitrogen and oxygen atoms in total. The van der Waals surface area contributed by atoms with E-state index in [2.05, 4.69) is 74.6 Å². The topological polar surface area (TPSA) is 231 Å². The lowest BCUT2D eigenvalue weighted by molar-refractivity contribution is -0.332. The standard InChI is InChI=1S/C53H88O15/c1-3-5-7-9-11-13-15-17-18-19-20-21-22-24-25-27-29-31-33-35-44(55)63-38-41(66-45(56)36-34-32-30-28-26-23-16-14-12-10-8-6-4-2)39-64-52-51(62)49(60)47(58)43(68-52)40-65-53-50(61)48(59)46(57)42(37-54)67-53/h11,13-14,16-18,20-21,24-25,29,31,41-43,46-54,57-62H,3-10,12,15,19,22-23,26-28,30,32-40H2,1-2H3/b13-11+,16-14+,18-17+,21-20+,25-24+,31-29+/t41-,42+,43+,46-,47-,48?,49?,50?,51?,52+,53+/m0/s1. The number of carbonyl (C=O) groups excluding carboxylic acids is 2. The molecule has 0 aromatic heterocycles. The molecule has 68 heavy (non-hydrogen) atoms. The quantitative estimate of drug-likeness (QED) is 0.0187. The van der Waals surface area contributed by atoms with Crippen molar-refractivity contribution in [2.75, 3.05) is 26.4 Å². The summed E-state index contributed by atoms with van der Waals surface area (Å²) in [4.78, 5) is 25.7. The molecule has 2 aliphatic rings. The summed E-state index contributed by atoms with van der Waals surface area (Å²) in [7, 11) is 0. The molecule has 2 heterocycles. The van der Waals surface area contributed by atoms with E-state index in [9.17, 15) is 45.3 Å². The Morgan fingerprint density at radius 1 is 0.471 bits per heavy atom. The van der Waals surface area contributed by atoms with Gasteiger partial charge in [0.25, 0.3) is 0 Å². The minimum Gasteiger partial charge on any atom is -0.462 e. The number of hydrogen-bond donors (Lipinski definition) is 7. The summed E-state index contributed by atoms with van der Waals surface area (Å²) < 4.78 is 33.4. The van der Waals surface area contributed by atoms with Crippen molar-refractivity contribution in [1.29, 1.82) is 0 Å². The molecule has 0 amide bonds. The van der Waals surface area contributed by atoms with Gasteiger partial charge >= 0.3 is 11.9 Å². The first-order valence-corrected chi connectivity index (χ1v) is 25.5. The van der Waals surface area contributed by atoms with E-state index in [0.717, 1.165) is 70.6 Å². The van der Waals surface area contributed by atoms with Crippen LogP contribution in [0.2, 0.25) is 0 Å². The van der Waals surface area contributed by atoms with E-state index in [1.54, 1.807) is 0 Å². The van der Waals surface area contributed by atoms with Gasteiger partial charge in [-0.2, -0.15) is 0 Å². The maximum atomic E-state index is 13.0. The van der Waals surface area contributed by atoms with E-state index < -0.39 is 99.3 Å². The number of aliphatic hydroxyl groups excluding tert-OH is 7. The zero-order valence-electron chi connectivity index (χ0n) is 41.1. The molecule has 15 heteroatoms. The molecule has 4 unspecified atom stereocenters. The molecular formula is C53H88O15. The van der Waals surface area contributed by atoms with E-state index in [-0.39, 0.29) is 19.4 Å². The fourth-order valence-electron chi connectivity index (χ4n) is 7.43. The minimum atomic E-state index is -1.78. The molecule has 7 N–H and O–H groups in total. The van der Waals surface area contributed by atoms with Crippen LogP contribution in [0.15, 0.2) is 72.9 Å². The maximum Gasteiger partial charge on any atom is 0.306 e. The molecule has 2 saturated heterocycles. The predicted molar refractivity (Wildman–Crippen MR) is 261 cm³/mol. The van der Waals surface area contributed by atoms with Gasteiger partial charge in [0.2, 0.25) is 0 Å². The number of unbranched alkanes of at least 4 members (excludes halogenated alkanes) is 12. The average Bonchev–Trinajstić information content (AvgIpc) is 3.33. The lowest BCUT2D eigenvalue weighted by Gasteiger charge is -2.42. The highest BCUT2D eigenvalue weighted by Crippen LogP contribution is 2.26. The van der Waals surface area contributed by atoms with Crippen molar-refractivity contribution in [3.05, 3.63) is 72.9 Å². The van der Waals surface area contributed by atoms with E-state index in [1.165, 1.54) is 44.9 Å². The number of aliphatic hydroxyl groups is 7. The Labute approximate surface area is 406 Å². The zero-order valence-corrected chi connectivity index (χ0v) is 41.1. The van der Waals surface area contributed by atoms with E-state index in [1.807, 2.05) is 12.2 Å². The first kappa shape index (κ1) is 61.1. The maximum absolute atomic E-state index is 13.0. The van der Waals surface area contributed by atoms with E-state index in [0.29, 0.717) is 12.8 Å². The lowest BCUT2D eigenvalue weighted by atomic mass is 9.98. The van der Waals surface area contributed by atoms with Crippen molar-refractivity contribution >= 4 is 11.9 Å². The van der Waals surface area contributed by atoms with Gasteiger partial charge in [-0.05, 0) is 77.0 Å². The van der Waals surface area contributed by atoms with Gasteiger partial charge < -0.3 is 64.2 Å². The van der Waals surface area contributed by atoms with Crippen LogP contribution in [0.4, 0.5) is 0 Å². The molecule has 0 aromatic carbocycles. The summed E-state index contributed by atoms with van der Waals surface area (Å²) in [5.41, 5.74) is 0. The SMILES string of the molecule is CCCCC/C=C/C/C=C/C/C=C/C/C=C/C/C=C/CCC(=O)OC[C@@H](CO[C@@H]1O[C@H](CO[C@@H]2O[C@H](CO)[C@H](O)C(O)C2O)[C@H](O)C(O)C1O)OC(=O)CCCCCCC/C=C/CCCCCC. The van der Waals surface area contributed by atoms with Crippen LogP contribution >= 0.6 is 0 Å². The van der Waals surface area contributed by atoms with Crippen molar-refractivity contribution in [2.45, 2.75) is 223 Å². The van der Waals surface area contributed by atoms with Crippen molar-refractivity contribution in [1.82, 2.24) is 0 Å². The second kappa shape index (κ2) is 39.6. The predicted octanol–water partition coefficient (Wildman–Crippen LogP) is 7.04. The summed E-state index contributed by atoms with van der Waals surface area (Å²) in [6.07, 6.45) is 29.4. The second-order valence-corrected chi connectivity index (χ2v) is 17.6. The second-order valence-electron chi connectivity index (χ2n) is 17.6. The molecule has 2 aliphatic heterocycles.